The molecule has 0 spiro atoms. The molecule has 49 heavy (non-hydrogen) atoms. The summed E-state index contributed by atoms with van der Waals surface area (Å²) in [6.07, 6.45) is -0.223. The number of piperazine rings is 1. The highest BCUT2D eigenvalue weighted by atomic mass is 35.5. The average molecular weight is 700 g/mol. The van der Waals surface area contributed by atoms with E-state index in [1.54, 1.807) is 11.5 Å². The Morgan fingerprint density at radius 2 is 1.82 bits per heavy atom. The zero-order valence-electron chi connectivity index (χ0n) is 26.9. The minimum Gasteiger partial charge on any atom is -0.504 e. The second-order valence-corrected chi connectivity index (χ2v) is 12.4. The third-order valence-corrected chi connectivity index (χ3v) is 9.26. The Morgan fingerprint density at radius 1 is 1.10 bits per heavy atom. The number of aromatic hydroxyl groups is 1. The Labute approximate surface area is 283 Å². The van der Waals surface area contributed by atoms with Gasteiger partial charge in [-0.15, -0.1) is 5.10 Å². The van der Waals surface area contributed by atoms with Crippen molar-refractivity contribution in [2.24, 2.45) is 0 Å². The summed E-state index contributed by atoms with van der Waals surface area (Å²) in [4.78, 5) is 56.7. The van der Waals surface area contributed by atoms with Crippen LogP contribution in [0, 0.1) is 6.92 Å². The number of amides is 2. The number of fused-ring (bicyclic) bond motifs is 1. The molecule has 2 amide bonds. The van der Waals surface area contributed by atoms with Gasteiger partial charge < -0.3 is 24.8 Å². The molecule has 0 atom stereocenters. The fourth-order valence-corrected chi connectivity index (χ4v) is 6.24. The predicted molar refractivity (Wildman–Crippen MR) is 175 cm³/mol. The SMILES string of the molecule is CCc1c(N2CCN(C(=O)c3ncnc(C)c3O)CC2)c(=O)n2nc(C(C)=C3CCC3)nc2n1CC(=O)Nc1ccc(C(F)(F)F)cc1Cl. The van der Waals surface area contributed by atoms with Crippen LogP contribution in [0.3, 0.4) is 0 Å². The number of hydrogen-bond acceptors (Lipinski definition) is 9. The molecule has 4 aromatic rings. The monoisotopic (exact) mass is 699 g/mol. The molecule has 17 heteroatoms. The van der Waals surface area contributed by atoms with Gasteiger partial charge in [0.25, 0.3) is 11.5 Å². The lowest BCUT2D eigenvalue weighted by Crippen LogP contribution is -2.51. The molecule has 3 aromatic heterocycles. The van der Waals surface area contributed by atoms with Gasteiger partial charge in [-0.1, -0.05) is 24.1 Å². The van der Waals surface area contributed by atoms with E-state index in [9.17, 15) is 32.7 Å². The number of carbonyl (C=O) groups is 2. The number of aryl methyl sites for hydroxylation is 1. The van der Waals surface area contributed by atoms with E-state index < -0.39 is 29.1 Å². The molecular weight excluding hydrogens is 667 g/mol. The number of alkyl halides is 3. The number of halogens is 4. The molecule has 0 unspecified atom stereocenters. The van der Waals surface area contributed by atoms with Crippen molar-refractivity contribution in [2.45, 2.75) is 59.2 Å². The molecule has 1 aliphatic heterocycles. The quantitative estimate of drug-likeness (QED) is 0.285. The van der Waals surface area contributed by atoms with E-state index in [1.165, 1.54) is 21.3 Å². The summed E-state index contributed by atoms with van der Waals surface area (Å²) in [6, 6.07) is 2.65. The molecule has 4 heterocycles. The van der Waals surface area contributed by atoms with Crippen molar-refractivity contribution in [2.75, 3.05) is 36.4 Å². The third-order valence-electron chi connectivity index (χ3n) is 8.95. The zero-order chi connectivity index (χ0) is 35.2. The van der Waals surface area contributed by atoms with Gasteiger partial charge in [-0.05, 0) is 63.3 Å². The first kappa shape index (κ1) is 33.9. The maximum atomic E-state index is 14.2. The fraction of sp³-hybridized carbons (Fsp3) is 0.406. The van der Waals surface area contributed by atoms with E-state index in [1.807, 2.05) is 18.7 Å². The van der Waals surface area contributed by atoms with Crippen molar-refractivity contribution in [1.29, 1.82) is 0 Å². The lowest BCUT2D eigenvalue weighted by molar-refractivity contribution is -0.137. The van der Waals surface area contributed by atoms with Gasteiger partial charge in [0.2, 0.25) is 11.7 Å². The van der Waals surface area contributed by atoms with Crippen LogP contribution < -0.4 is 15.8 Å². The number of allylic oxidation sites excluding steroid dienone is 2. The van der Waals surface area contributed by atoms with E-state index in [0.29, 0.717) is 17.9 Å². The number of rotatable bonds is 7. The van der Waals surface area contributed by atoms with E-state index in [-0.39, 0.29) is 72.0 Å². The lowest BCUT2D eigenvalue weighted by atomic mass is 9.88. The number of aromatic nitrogens is 6. The second kappa shape index (κ2) is 13.1. The van der Waals surface area contributed by atoms with Gasteiger partial charge in [0, 0.05) is 26.2 Å². The smallest absolute Gasteiger partial charge is 0.416 e. The van der Waals surface area contributed by atoms with E-state index in [0.717, 1.165) is 43.0 Å². The van der Waals surface area contributed by atoms with Gasteiger partial charge in [0.15, 0.2) is 17.3 Å². The summed E-state index contributed by atoms with van der Waals surface area (Å²) in [5.74, 6) is -0.869. The Bertz CT molecular complexity index is 2060. The molecule has 1 aliphatic carbocycles. The van der Waals surface area contributed by atoms with Crippen LogP contribution in [0.1, 0.15) is 66.4 Å². The first-order valence-corrected chi connectivity index (χ1v) is 16.1. The molecule has 1 saturated carbocycles. The van der Waals surface area contributed by atoms with Crippen LogP contribution in [0.4, 0.5) is 24.5 Å². The number of anilines is 2. The summed E-state index contributed by atoms with van der Waals surface area (Å²) in [5, 5.41) is 17.2. The molecule has 6 rings (SSSR count). The maximum Gasteiger partial charge on any atom is 0.416 e. The summed E-state index contributed by atoms with van der Waals surface area (Å²) in [6.45, 7) is 5.87. The Kier molecular flexibility index (Phi) is 9.09. The maximum absolute atomic E-state index is 14.2. The van der Waals surface area contributed by atoms with E-state index in [2.05, 4.69) is 20.4 Å². The number of nitrogens with one attached hydrogen (secondary N) is 1. The summed E-state index contributed by atoms with van der Waals surface area (Å²) < 4.78 is 42.3. The molecule has 0 bridgehead atoms. The Hall–Kier alpha value is -4.99. The normalized spacial score (nSPS) is 15.0. The Morgan fingerprint density at radius 3 is 2.43 bits per heavy atom. The van der Waals surface area contributed by atoms with Gasteiger partial charge in [-0.25, -0.2) is 9.97 Å². The topological polar surface area (TPSA) is 151 Å². The van der Waals surface area contributed by atoms with Crippen LogP contribution in [-0.4, -0.2) is 77.1 Å². The van der Waals surface area contributed by atoms with Crippen molar-refractivity contribution < 1.29 is 27.9 Å². The molecule has 13 nitrogen and oxygen atoms in total. The minimum absolute atomic E-state index is 0.00609. The standard InChI is InChI=1S/C32H33ClF3N9O4/c1-4-23-26(42-10-12-43(13-11-42)29(48)25-27(47)18(3)37-16-38-25)30(49)45-31(40-28(41-45)17(2)19-6-5-7-19)44(23)15-24(46)39-22-9-8-20(14-21(22)33)32(34,35)36/h8-9,14,16,47H,4-7,10-13,15H2,1-3H3,(H,39,46). The highest BCUT2D eigenvalue weighted by molar-refractivity contribution is 6.33. The molecule has 1 aromatic carbocycles. The molecule has 2 fully saturated rings. The second-order valence-electron chi connectivity index (χ2n) is 11.9. The molecule has 2 N–H and O–H groups in total. The van der Waals surface area contributed by atoms with Gasteiger partial charge in [-0.3, -0.25) is 14.4 Å². The Balaban J connectivity index is 1.35. The predicted octanol–water partition coefficient (Wildman–Crippen LogP) is 4.49. The number of hydrogen-bond donors (Lipinski definition) is 2. The first-order chi connectivity index (χ1) is 23.3. The molecule has 1 saturated heterocycles. The fourth-order valence-electron chi connectivity index (χ4n) is 6.01. The van der Waals surface area contributed by atoms with Crippen LogP contribution in [0.2, 0.25) is 5.02 Å². The lowest BCUT2D eigenvalue weighted by Gasteiger charge is -2.36. The molecule has 2 aliphatic rings. The molecular formula is C32H33ClF3N9O4. The van der Waals surface area contributed by atoms with Crippen molar-refractivity contribution in [3.8, 4) is 5.75 Å². The highest BCUT2D eigenvalue weighted by Crippen LogP contribution is 2.35. The van der Waals surface area contributed by atoms with Crippen LogP contribution in [-0.2, 0) is 23.9 Å². The third kappa shape index (κ3) is 6.44. The van der Waals surface area contributed by atoms with Gasteiger partial charge in [0.1, 0.15) is 18.6 Å². The van der Waals surface area contributed by atoms with Crippen LogP contribution in [0.25, 0.3) is 11.4 Å². The molecule has 258 valence electrons. The van der Waals surface area contributed by atoms with Crippen molar-refractivity contribution in [3.05, 3.63) is 73.9 Å². The highest BCUT2D eigenvalue weighted by Gasteiger charge is 2.32. The van der Waals surface area contributed by atoms with Crippen molar-refractivity contribution in [1.82, 2.24) is 34.0 Å². The zero-order valence-corrected chi connectivity index (χ0v) is 27.7. The van der Waals surface area contributed by atoms with Gasteiger partial charge in [-0.2, -0.15) is 22.7 Å². The van der Waals surface area contributed by atoms with Crippen molar-refractivity contribution >= 4 is 46.1 Å². The minimum atomic E-state index is -4.60. The summed E-state index contributed by atoms with van der Waals surface area (Å²) >= 11 is 6.11. The van der Waals surface area contributed by atoms with E-state index in [4.69, 9.17) is 16.6 Å². The molecule has 0 radical (unpaired) electrons. The van der Waals surface area contributed by atoms with Crippen LogP contribution in [0.15, 0.2) is 34.9 Å². The van der Waals surface area contributed by atoms with Crippen LogP contribution >= 0.6 is 11.6 Å². The van der Waals surface area contributed by atoms with E-state index >= 15 is 0 Å². The summed E-state index contributed by atoms with van der Waals surface area (Å²) in [7, 11) is 0. The van der Waals surface area contributed by atoms with Gasteiger partial charge in [0.05, 0.1) is 27.7 Å². The summed E-state index contributed by atoms with van der Waals surface area (Å²) in [5.41, 5.74) is 1.59. The van der Waals surface area contributed by atoms with Crippen LogP contribution in [0.5, 0.6) is 5.75 Å². The largest absolute Gasteiger partial charge is 0.504 e. The number of benzene rings is 1. The average Bonchev–Trinajstić information content (AvgIpc) is 3.49. The first-order valence-electron chi connectivity index (χ1n) is 15.7. The number of carbonyl (C=O) groups excluding carboxylic acids is 2. The van der Waals surface area contributed by atoms with Crippen molar-refractivity contribution in [3.63, 3.8) is 0 Å². The number of nitrogens with zero attached hydrogens (tertiary/aromatic N) is 8. The van der Waals surface area contributed by atoms with Gasteiger partial charge >= 0.3 is 6.18 Å².